The lowest BCUT2D eigenvalue weighted by Crippen LogP contribution is -2.24. The van der Waals surface area contributed by atoms with Crippen molar-refractivity contribution >= 4 is 40.9 Å². The number of amides is 1. The number of para-hydroxylation sites is 1. The van der Waals surface area contributed by atoms with Crippen LogP contribution in [0.5, 0.6) is 5.75 Å². The van der Waals surface area contributed by atoms with Crippen LogP contribution in [0.2, 0.25) is 10.0 Å². The summed E-state index contributed by atoms with van der Waals surface area (Å²) in [4.78, 5) is 21.5. The number of rotatable bonds is 8. The molecule has 0 radical (unpaired) electrons. The lowest BCUT2D eigenvalue weighted by atomic mass is 10.2. The highest BCUT2D eigenvalue weighted by atomic mass is 35.5. The summed E-state index contributed by atoms with van der Waals surface area (Å²) in [6.45, 7) is 0.271. The van der Waals surface area contributed by atoms with E-state index >= 15 is 0 Å². The number of nitrogens with zero attached hydrogens (tertiary/aromatic N) is 5. The van der Waals surface area contributed by atoms with Gasteiger partial charge in [-0.25, -0.2) is 14.6 Å². The summed E-state index contributed by atoms with van der Waals surface area (Å²) in [6, 6.07) is 14.2. The molecule has 1 N–H and O–H groups in total. The molecule has 0 saturated heterocycles. The Kier molecular flexibility index (Phi) is 7.43. The van der Waals surface area contributed by atoms with Gasteiger partial charge in [-0.3, -0.25) is 4.79 Å². The molecule has 0 aliphatic rings. The van der Waals surface area contributed by atoms with E-state index in [0.29, 0.717) is 38.1 Å². The summed E-state index contributed by atoms with van der Waals surface area (Å²) in [6.07, 6.45) is 3.31. The van der Waals surface area contributed by atoms with E-state index in [9.17, 15) is 4.79 Å². The number of thioether (sulfide) groups is 1. The number of halogens is 2. The molecule has 2 heterocycles. The average molecular weight is 501 g/mol. The highest BCUT2D eigenvalue weighted by Crippen LogP contribution is 2.26. The van der Waals surface area contributed by atoms with Gasteiger partial charge in [0.1, 0.15) is 5.75 Å². The zero-order chi connectivity index (χ0) is 23.2. The third-order valence-corrected chi connectivity index (χ3v) is 5.91. The zero-order valence-corrected chi connectivity index (χ0v) is 19.7. The van der Waals surface area contributed by atoms with Crippen LogP contribution in [0.4, 0.5) is 0 Å². The minimum Gasteiger partial charge on any atom is -0.496 e. The Balaban J connectivity index is 1.63. The lowest BCUT2D eigenvalue weighted by molar-refractivity contribution is 0.0945. The quantitative estimate of drug-likeness (QED) is 0.279. The van der Waals surface area contributed by atoms with Gasteiger partial charge in [0.25, 0.3) is 5.91 Å². The molecule has 0 saturated carbocycles. The summed E-state index contributed by atoms with van der Waals surface area (Å²) in [5.74, 6) is 0.662. The van der Waals surface area contributed by atoms with Crippen LogP contribution in [0.25, 0.3) is 5.69 Å². The number of benzene rings is 2. The van der Waals surface area contributed by atoms with Crippen molar-refractivity contribution in [2.45, 2.75) is 17.5 Å². The summed E-state index contributed by atoms with van der Waals surface area (Å²) < 4.78 is 6.90. The summed E-state index contributed by atoms with van der Waals surface area (Å²) in [7, 11) is 1.59. The van der Waals surface area contributed by atoms with Gasteiger partial charge in [0.15, 0.2) is 10.9 Å². The first-order chi connectivity index (χ1) is 16.0. The van der Waals surface area contributed by atoms with Gasteiger partial charge < -0.3 is 10.1 Å². The summed E-state index contributed by atoms with van der Waals surface area (Å²) in [5, 5.41) is 12.7. The van der Waals surface area contributed by atoms with Crippen molar-refractivity contribution < 1.29 is 9.53 Å². The zero-order valence-electron chi connectivity index (χ0n) is 17.4. The topological polar surface area (TPSA) is 94.8 Å². The molecule has 2 aromatic heterocycles. The molecule has 0 aliphatic carbocycles. The Labute approximate surface area is 204 Å². The highest BCUT2D eigenvalue weighted by molar-refractivity contribution is 7.98. The summed E-state index contributed by atoms with van der Waals surface area (Å²) >= 11 is 13.7. The molecular formula is C22H18Cl2N6O2S. The molecule has 0 unspecified atom stereocenters. The first-order valence-corrected chi connectivity index (χ1v) is 11.5. The molecule has 0 atom stereocenters. The van der Waals surface area contributed by atoms with Crippen LogP contribution in [0.15, 0.2) is 66.1 Å². The van der Waals surface area contributed by atoms with Crippen LogP contribution in [0, 0.1) is 0 Å². The fraction of sp³-hybridized carbons (Fsp3) is 0.136. The highest BCUT2D eigenvalue weighted by Gasteiger charge is 2.22. The van der Waals surface area contributed by atoms with Crippen LogP contribution in [-0.2, 0) is 12.3 Å². The maximum absolute atomic E-state index is 13.1. The maximum Gasteiger partial charge on any atom is 0.274 e. The SMILES string of the molecule is COc1ccccc1CNC(=O)c1nnn(-c2cc(Cl)cc(Cl)c2)c1CSc1ncccn1. The molecule has 0 bridgehead atoms. The van der Waals surface area contributed by atoms with Crippen LogP contribution in [0.3, 0.4) is 0 Å². The van der Waals surface area contributed by atoms with Crippen molar-refractivity contribution in [1.29, 1.82) is 0 Å². The van der Waals surface area contributed by atoms with Crippen molar-refractivity contribution in [3.63, 3.8) is 0 Å². The van der Waals surface area contributed by atoms with Gasteiger partial charge in [-0.05, 0) is 30.3 Å². The number of aromatic nitrogens is 5. The van der Waals surface area contributed by atoms with E-state index in [1.165, 1.54) is 11.8 Å². The molecule has 33 heavy (non-hydrogen) atoms. The number of hydrogen-bond acceptors (Lipinski definition) is 7. The van der Waals surface area contributed by atoms with Crippen LogP contribution in [0.1, 0.15) is 21.7 Å². The normalized spacial score (nSPS) is 10.8. The predicted octanol–water partition coefficient (Wildman–Crippen LogP) is 4.60. The Morgan fingerprint density at radius 1 is 1.09 bits per heavy atom. The van der Waals surface area contributed by atoms with E-state index in [1.807, 2.05) is 24.3 Å². The average Bonchev–Trinajstić information content (AvgIpc) is 3.25. The van der Waals surface area contributed by atoms with Gasteiger partial charge in [0.05, 0.1) is 18.5 Å². The van der Waals surface area contributed by atoms with E-state index in [1.54, 1.807) is 48.5 Å². The molecule has 1 amide bonds. The van der Waals surface area contributed by atoms with E-state index in [0.717, 1.165) is 5.56 Å². The number of ether oxygens (including phenoxy) is 1. The van der Waals surface area contributed by atoms with E-state index < -0.39 is 0 Å². The van der Waals surface area contributed by atoms with E-state index in [-0.39, 0.29) is 18.1 Å². The Morgan fingerprint density at radius 2 is 1.82 bits per heavy atom. The number of hydrogen-bond donors (Lipinski definition) is 1. The molecule has 8 nitrogen and oxygen atoms in total. The molecule has 0 fully saturated rings. The molecule has 0 spiro atoms. The van der Waals surface area contributed by atoms with Crippen molar-refractivity contribution in [2.24, 2.45) is 0 Å². The fourth-order valence-corrected chi connectivity index (χ4v) is 4.39. The molecule has 0 aliphatic heterocycles. The van der Waals surface area contributed by atoms with Crippen molar-refractivity contribution in [2.75, 3.05) is 7.11 Å². The molecule has 2 aromatic carbocycles. The number of nitrogens with one attached hydrogen (secondary N) is 1. The second-order valence-corrected chi connectivity index (χ2v) is 8.55. The minimum atomic E-state index is -0.370. The minimum absolute atomic E-state index is 0.185. The lowest BCUT2D eigenvalue weighted by Gasteiger charge is -2.10. The molecule has 4 rings (SSSR count). The van der Waals surface area contributed by atoms with E-state index in [4.69, 9.17) is 27.9 Å². The molecule has 168 valence electrons. The fourth-order valence-electron chi connectivity index (χ4n) is 3.08. The third kappa shape index (κ3) is 5.62. The number of carbonyl (C=O) groups excluding carboxylic acids is 1. The van der Waals surface area contributed by atoms with Crippen molar-refractivity contribution in [3.8, 4) is 11.4 Å². The largest absolute Gasteiger partial charge is 0.496 e. The van der Waals surface area contributed by atoms with Gasteiger partial charge >= 0.3 is 0 Å². The monoisotopic (exact) mass is 500 g/mol. The number of methoxy groups -OCH3 is 1. The van der Waals surface area contributed by atoms with Crippen LogP contribution < -0.4 is 10.1 Å². The van der Waals surface area contributed by atoms with Gasteiger partial charge in [-0.2, -0.15) is 0 Å². The Bertz CT molecular complexity index is 1250. The standard InChI is InChI=1S/C22H18Cl2N6O2S/c1-32-19-6-3-2-5-14(19)12-27-21(31)20-18(13-33-22-25-7-4-8-26-22)30(29-28-20)17-10-15(23)9-16(24)11-17/h2-11H,12-13H2,1H3,(H,27,31). The molecular weight excluding hydrogens is 483 g/mol. The van der Waals surface area contributed by atoms with Gasteiger partial charge in [0, 0.05) is 40.3 Å². The van der Waals surface area contributed by atoms with Gasteiger partial charge in [0.2, 0.25) is 0 Å². The van der Waals surface area contributed by atoms with E-state index in [2.05, 4.69) is 25.6 Å². The van der Waals surface area contributed by atoms with Crippen LogP contribution >= 0.6 is 35.0 Å². The molecule has 4 aromatic rings. The smallest absolute Gasteiger partial charge is 0.274 e. The van der Waals surface area contributed by atoms with Gasteiger partial charge in [-0.1, -0.05) is 58.4 Å². The first kappa shape index (κ1) is 23.0. The predicted molar refractivity (Wildman–Crippen MR) is 127 cm³/mol. The molecule has 11 heteroatoms. The number of carbonyl (C=O) groups is 1. The second-order valence-electron chi connectivity index (χ2n) is 6.74. The Morgan fingerprint density at radius 3 is 2.55 bits per heavy atom. The van der Waals surface area contributed by atoms with Crippen LogP contribution in [-0.4, -0.2) is 38.0 Å². The van der Waals surface area contributed by atoms with Gasteiger partial charge in [-0.15, -0.1) is 5.10 Å². The van der Waals surface area contributed by atoms with Crippen molar-refractivity contribution in [1.82, 2.24) is 30.3 Å². The third-order valence-electron chi connectivity index (χ3n) is 4.58. The summed E-state index contributed by atoms with van der Waals surface area (Å²) in [5.41, 5.74) is 2.18. The van der Waals surface area contributed by atoms with Crippen molar-refractivity contribution in [3.05, 3.63) is 87.9 Å². The second kappa shape index (κ2) is 10.7. The maximum atomic E-state index is 13.1. The first-order valence-electron chi connectivity index (χ1n) is 9.76. The Hall–Kier alpha value is -3.14.